The molecule has 1 heterocycles. The molecule has 2 N–H and O–H groups in total. The lowest BCUT2D eigenvalue weighted by Gasteiger charge is -2.30. The number of hydrogen-bond donors (Lipinski definition) is 2. The van der Waals surface area contributed by atoms with Crippen LogP contribution in [-0.4, -0.2) is 51.8 Å². The molecule has 29 heavy (non-hydrogen) atoms. The standard InChI is InChI=1S/C23H32N4O2/c1-24-23(25-16-18-10-4-6-12-21(18)28-2)26-17-20(27-14-8-9-15-27)19-11-5-7-13-22(19)29-3/h4-7,10-13,20H,8-9,14-17H2,1-3H3,(H2,24,25,26). The van der Waals surface area contributed by atoms with Crippen LogP contribution in [0.3, 0.4) is 0 Å². The van der Waals surface area contributed by atoms with Crippen molar-refractivity contribution in [1.29, 1.82) is 0 Å². The van der Waals surface area contributed by atoms with Crippen molar-refractivity contribution in [1.82, 2.24) is 15.5 Å². The Balaban J connectivity index is 1.67. The van der Waals surface area contributed by atoms with Gasteiger partial charge in [0.15, 0.2) is 5.96 Å². The molecule has 1 aliphatic rings. The van der Waals surface area contributed by atoms with Crippen LogP contribution in [0.2, 0.25) is 0 Å². The van der Waals surface area contributed by atoms with Crippen LogP contribution >= 0.6 is 0 Å². The van der Waals surface area contributed by atoms with Crippen molar-refractivity contribution >= 4 is 5.96 Å². The van der Waals surface area contributed by atoms with E-state index in [1.165, 1.54) is 18.4 Å². The average Bonchev–Trinajstić information content (AvgIpc) is 3.31. The van der Waals surface area contributed by atoms with E-state index in [9.17, 15) is 0 Å². The van der Waals surface area contributed by atoms with E-state index in [4.69, 9.17) is 9.47 Å². The van der Waals surface area contributed by atoms with Crippen LogP contribution < -0.4 is 20.1 Å². The van der Waals surface area contributed by atoms with E-state index in [2.05, 4.69) is 38.7 Å². The number of hydrogen-bond acceptors (Lipinski definition) is 4. The van der Waals surface area contributed by atoms with Gasteiger partial charge in [0, 0.05) is 31.3 Å². The van der Waals surface area contributed by atoms with Crippen molar-refractivity contribution in [3.63, 3.8) is 0 Å². The SMILES string of the molecule is CN=C(NCc1ccccc1OC)NCC(c1ccccc1OC)N1CCCC1. The molecule has 1 aliphatic heterocycles. The van der Waals surface area contributed by atoms with Gasteiger partial charge in [0.25, 0.3) is 0 Å². The largest absolute Gasteiger partial charge is 0.496 e. The van der Waals surface area contributed by atoms with Crippen molar-refractivity contribution in [3.8, 4) is 11.5 Å². The zero-order chi connectivity index (χ0) is 20.5. The molecular weight excluding hydrogens is 364 g/mol. The summed E-state index contributed by atoms with van der Waals surface area (Å²) in [5, 5.41) is 6.90. The summed E-state index contributed by atoms with van der Waals surface area (Å²) in [5.41, 5.74) is 2.31. The van der Waals surface area contributed by atoms with Crippen molar-refractivity contribution in [2.24, 2.45) is 4.99 Å². The molecule has 0 bridgehead atoms. The fourth-order valence-corrected chi connectivity index (χ4v) is 3.87. The van der Waals surface area contributed by atoms with Crippen molar-refractivity contribution in [2.75, 3.05) is 40.9 Å². The first-order chi connectivity index (χ1) is 14.3. The number of methoxy groups -OCH3 is 2. The van der Waals surface area contributed by atoms with Crippen LogP contribution in [0.4, 0.5) is 0 Å². The molecule has 1 saturated heterocycles. The number of rotatable bonds is 8. The maximum absolute atomic E-state index is 5.64. The van der Waals surface area contributed by atoms with Gasteiger partial charge in [-0.05, 0) is 38.1 Å². The number of ether oxygens (including phenoxy) is 2. The van der Waals surface area contributed by atoms with Crippen LogP contribution in [-0.2, 0) is 6.54 Å². The molecule has 156 valence electrons. The molecule has 0 radical (unpaired) electrons. The van der Waals surface area contributed by atoms with Crippen LogP contribution in [0, 0.1) is 0 Å². The molecule has 2 aromatic carbocycles. The van der Waals surface area contributed by atoms with Gasteiger partial charge in [-0.2, -0.15) is 0 Å². The van der Waals surface area contributed by atoms with Crippen molar-refractivity contribution in [3.05, 3.63) is 59.7 Å². The lowest BCUT2D eigenvalue weighted by Crippen LogP contribution is -2.42. The molecule has 0 spiro atoms. The summed E-state index contributed by atoms with van der Waals surface area (Å²) in [6.45, 7) is 3.62. The summed E-state index contributed by atoms with van der Waals surface area (Å²) < 4.78 is 11.1. The highest BCUT2D eigenvalue weighted by molar-refractivity contribution is 5.79. The first-order valence-corrected chi connectivity index (χ1v) is 10.2. The Bertz CT molecular complexity index is 803. The van der Waals surface area contributed by atoms with E-state index in [1.54, 1.807) is 21.3 Å². The monoisotopic (exact) mass is 396 g/mol. The molecule has 6 nitrogen and oxygen atoms in total. The normalized spacial score (nSPS) is 15.8. The zero-order valence-corrected chi connectivity index (χ0v) is 17.6. The van der Waals surface area contributed by atoms with Gasteiger partial charge in [0.05, 0.1) is 20.3 Å². The van der Waals surface area contributed by atoms with Crippen LogP contribution in [0.25, 0.3) is 0 Å². The van der Waals surface area contributed by atoms with Gasteiger partial charge in [-0.25, -0.2) is 0 Å². The average molecular weight is 397 g/mol. The lowest BCUT2D eigenvalue weighted by atomic mass is 10.0. The first kappa shape index (κ1) is 21.0. The molecule has 2 aromatic rings. The summed E-state index contributed by atoms with van der Waals surface area (Å²) >= 11 is 0. The summed E-state index contributed by atoms with van der Waals surface area (Å²) in [6.07, 6.45) is 2.48. The summed E-state index contributed by atoms with van der Waals surface area (Å²) in [6, 6.07) is 16.5. The van der Waals surface area contributed by atoms with Crippen molar-refractivity contribution < 1.29 is 9.47 Å². The smallest absolute Gasteiger partial charge is 0.191 e. The molecule has 1 atom stereocenters. The molecule has 0 saturated carbocycles. The molecule has 0 aromatic heterocycles. The van der Waals surface area contributed by atoms with Gasteiger partial charge < -0.3 is 20.1 Å². The predicted molar refractivity (Wildman–Crippen MR) is 118 cm³/mol. The van der Waals surface area contributed by atoms with Crippen LogP contribution in [0.5, 0.6) is 11.5 Å². The Morgan fingerprint density at radius 1 is 0.966 bits per heavy atom. The van der Waals surface area contributed by atoms with Crippen LogP contribution in [0.1, 0.15) is 30.0 Å². The Hall–Kier alpha value is -2.73. The fraction of sp³-hybridized carbons (Fsp3) is 0.435. The van der Waals surface area contributed by atoms with E-state index in [0.29, 0.717) is 6.54 Å². The van der Waals surface area contributed by atoms with E-state index < -0.39 is 0 Å². The Morgan fingerprint density at radius 2 is 1.62 bits per heavy atom. The lowest BCUT2D eigenvalue weighted by molar-refractivity contribution is 0.239. The molecule has 0 amide bonds. The topological polar surface area (TPSA) is 58.1 Å². The molecule has 6 heteroatoms. The van der Waals surface area contributed by atoms with Gasteiger partial charge in [0.1, 0.15) is 11.5 Å². The van der Waals surface area contributed by atoms with Gasteiger partial charge in [-0.1, -0.05) is 36.4 Å². The number of nitrogens with one attached hydrogen (secondary N) is 2. The van der Waals surface area contributed by atoms with Gasteiger partial charge >= 0.3 is 0 Å². The van der Waals surface area contributed by atoms with Gasteiger partial charge in [0.2, 0.25) is 0 Å². The van der Waals surface area contributed by atoms with Crippen molar-refractivity contribution in [2.45, 2.75) is 25.4 Å². The maximum Gasteiger partial charge on any atom is 0.191 e. The number of likely N-dealkylation sites (tertiary alicyclic amines) is 1. The summed E-state index contributed by atoms with van der Waals surface area (Å²) in [7, 11) is 5.23. The molecule has 1 fully saturated rings. The Labute approximate surface area is 173 Å². The van der Waals surface area contributed by atoms with E-state index in [0.717, 1.165) is 42.7 Å². The number of benzene rings is 2. The third-order valence-electron chi connectivity index (χ3n) is 5.40. The number of guanidine groups is 1. The van der Waals surface area contributed by atoms with Gasteiger partial charge in [-0.3, -0.25) is 9.89 Å². The van der Waals surface area contributed by atoms with E-state index >= 15 is 0 Å². The number of nitrogens with zero attached hydrogens (tertiary/aromatic N) is 2. The van der Waals surface area contributed by atoms with E-state index in [-0.39, 0.29) is 6.04 Å². The van der Waals surface area contributed by atoms with E-state index in [1.807, 2.05) is 30.3 Å². The Morgan fingerprint density at radius 3 is 2.31 bits per heavy atom. The third-order valence-corrected chi connectivity index (χ3v) is 5.40. The summed E-state index contributed by atoms with van der Waals surface area (Å²) in [5.74, 6) is 2.58. The number of para-hydroxylation sites is 2. The highest BCUT2D eigenvalue weighted by Crippen LogP contribution is 2.31. The molecule has 0 aliphatic carbocycles. The zero-order valence-electron chi connectivity index (χ0n) is 17.6. The predicted octanol–water partition coefficient (Wildman–Crippen LogP) is 3.21. The molecule has 1 unspecified atom stereocenters. The highest BCUT2D eigenvalue weighted by atomic mass is 16.5. The second-order valence-corrected chi connectivity index (χ2v) is 7.12. The minimum atomic E-state index is 0.235. The quantitative estimate of drug-likeness (QED) is 0.530. The minimum absolute atomic E-state index is 0.235. The second-order valence-electron chi connectivity index (χ2n) is 7.12. The fourth-order valence-electron chi connectivity index (χ4n) is 3.87. The summed E-state index contributed by atoms with van der Waals surface area (Å²) in [4.78, 5) is 6.92. The molecule has 3 rings (SSSR count). The maximum atomic E-state index is 5.64. The second kappa shape index (κ2) is 10.7. The Kier molecular flexibility index (Phi) is 7.76. The third kappa shape index (κ3) is 5.41. The first-order valence-electron chi connectivity index (χ1n) is 10.2. The minimum Gasteiger partial charge on any atom is -0.496 e. The number of aliphatic imine (C=N–C) groups is 1. The highest BCUT2D eigenvalue weighted by Gasteiger charge is 2.26. The van der Waals surface area contributed by atoms with Gasteiger partial charge in [-0.15, -0.1) is 0 Å². The molecular formula is C23H32N4O2. The van der Waals surface area contributed by atoms with Crippen LogP contribution in [0.15, 0.2) is 53.5 Å².